The fourth-order valence-electron chi connectivity index (χ4n) is 3.43. The van der Waals surface area contributed by atoms with E-state index in [4.69, 9.17) is 5.73 Å². The Hall–Kier alpha value is -0.610. The molecule has 3 N–H and O–H groups in total. The standard InChI is InChI=1S/C16H31N3O/c1-12(13(2)17)16(20)18-14-8-10-19(11-9-14)15-6-4-3-5-7-15/h12-15H,3-11,17H2,1-2H3,(H,18,20). The van der Waals surface area contributed by atoms with Crippen LogP contribution in [0.4, 0.5) is 0 Å². The molecule has 2 unspecified atom stereocenters. The van der Waals surface area contributed by atoms with Crippen molar-refractivity contribution in [2.75, 3.05) is 13.1 Å². The van der Waals surface area contributed by atoms with Gasteiger partial charge in [0.1, 0.15) is 0 Å². The molecule has 1 heterocycles. The first-order valence-electron chi connectivity index (χ1n) is 8.38. The zero-order valence-electron chi connectivity index (χ0n) is 13.1. The molecule has 1 amide bonds. The molecule has 2 atom stereocenters. The fraction of sp³-hybridized carbons (Fsp3) is 0.938. The van der Waals surface area contributed by atoms with Gasteiger partial charge in [0.2, 0.25) is 5.91 Å². The first kappa shape index (κ1) is 15.8. The smallest absolute Gasteiger partial charge is 0.224 e. The zero-order valence-corrected chi connectivity index (χ0v) is 13.1. The molecule has 4 nitrogen and oxygen atoms in total. The SMILES string of the molecule is CC(N)C(C)C(=O)NC1CCN(C2CCCCC2)CC1. The molecule has 2 aliphatic rings. The van der Waals surface area contributed by atoms with Gasteiger partial charge in [0.15, 0.2) is 0 Å². The summed E-state index contributed by atoms with van der Waals surface area (Å²) in [6.07, 6.45) is 9.14. The minimum atomic E-state index is -0.0913. The number of nitrogens with zero attached hydrogens (tertiary/aromatic N) is 1. The molecule has 0 radical (unpaired) electrons. The van der Waals surface area contributed by atoms with Gasteiger partial charge >= 0.3 is 0 Å². The summed E-state index contributed by atoms with van der Waals surface area (Å²) in [4.78, 5) is 14.7. The van der Waals surface area contributed by atoms with Gasteiger partial charge in [-0.1, -0.05) is 26.2 Å². The minimum absolute atomic E-state index is 0.0719. The second kappa shape index (κ2) is 7.41. The molecular weight excluding hydrogens is 250 g/mol. The second-order valence-electron chi connectivity index (χ2n) is 6.76. The molecule has 1 aliphatic carbocycles. The summed E-state index contributed by atoms with van der Waals surface area (Å²) in [5.74, 6) is 0.0301. The lowest BCUT2D eigenvalue weighted by Gasteiger charge is -2.39. The summed E-state index contributed by atoms with van der Waals surface area (Å²) in [5.41, 5.74) is 5.79. The highest BCUT2D eigenvalue weighted by Gasteiger charge is 2.28. The number of piperidine rings is 1. The van der Waals surface area contributed by atoms with Crippen LogP contribution in [0.5, 0.6) is 0 Å². The normalized spacial score (nSPS) is 26.1. The van der Waals surface area contributed by atoms with Crippen LogP contribution in [0.1, 0.15) is 58.8 Å². The number of nitrogens with two attached hydrogens (primary N) is 1. The van der Waals surface area contributed by atoms with Crippen molar-refractivity contribution in [1.82, 2.24) is 10.2 Å². The highest BCUT2D eigenvalue weighted by Crippen LogP contribution is 2.25. The Morgan fingerprint density at radius 1 is 1.10 bits per heavy atom. The third-order valence-corrected chi connectivity index (χ3v) is 5.17. The highest BCUT2D eigenvalue weighted by atomic mass is 16.1. The molecule has 4 heteroatoms. The van der Waals surface area contributed by atoms with Crippen LogP contribution in [0.15, 0.2) is 0 Å². The average Bonchev–Trinajstić information content (AvgIpc) is 2.48. The van der Waals surface area contributed by atoms with Crippen LogP contribution in [-0.4, -0.2) is 42.0 Å². The Morgan fingerprint density at radius 3 is 2.25 bits per heavy atom. The molecule has 1 saturated carbocycles. The van der Waals surface area contributed by atoms with Crippen LogP contribution >= 0.6 is 0 Å². The monoisotopic (exact) mass is 281 g/mol. The van der Waals surface area contributed by atoms with E-state index in [1.54, 1.807) is 0 Å². The lowest BCUT2D eigenvalue weighted by molar-refractivity contribution is -0.126. The predicted octanol–water partition coefficient (Wildman–Crippen LogP) is 1.88. The predicted molar refractivity (Wildman–Crippen MR) is 82.4 cm³/mol. The second-order valence-corrected chi connectivity index (χ2v) is 6.76. The first-order valence-corrected chi connectivity index (χ1v) is 8.38. The number of amides is 1. The highest BCUT2D eigenvalue weighted by molar-refractivity contribution is 5.79. The molecule has 2 rings (SSSR count). The Morgan fingerprint density at radius 2 is 1.70 bits per heavy atom. The van der Waals surface area contributed by atoms with Crippen molar-refractivity contribution < 1.29 is 4.79 Å². The summed E-state index contributed by atoms with van der Waals surface area (Å²) in [6.45, 7) is 6.09. The largest absolute Gasteiger partial charge is 0.353 e. The Labute approximate surface area is 123 Å². The third-order valence-electron chi connectivity index (χ3n) is 5.17. The number of hydrogen-bond acceptors (Lipinski definition) is 3. The van der Waals surface area contributed by atoms with Crippen molar-refractivity contribution in [3.05, 3.63) is 0 Å². The van der Waals surface area contributed by atoms with Crippen molar-refractivity contribution in [3.63, 3.8) is 0 Å². The van der Waals surface area contributed by atoms with Crippen molar-refractivity contribution in [1.29, 1.82) is 0 Å². The van der Waals surface area contributed by atoms with Gasteiger partial charge in [0.05, 0.1) is 0 Å². The maximum Gasteiger partial charge on any atom is 0.224 e. The van der Waals surface area contributed by atoms with Crippen LogP contribution in [0.3, 0.4) is 0 Å². The van der Waals surface area contributed by atoms with Gasteiger partial charge in [-0.05, 0) is 32.6 Å². The maximum atomic E-state index is 12.0. The van der Waals surface area contributed by atoms with E-state index in [9.17, 15) is 4.79 Å². The summed E-state index contributed by atoms with van der Waals surface area (Å²) in [5, 5.41) is 3.18. The van der Waals surface area contributed by atoms with E-state index in [-0.39, 0.29) is 17.9 Å². The van der Waals surface area contributed by atoms with Crippen LogP contribution in [0, 0.1) is 5.92 Å². The van der Waals surface area contributed by atoms with E-state index in [1.807, 2.05) is 13.8 Å². The van der Waals surface area contributed by atoms with E-state index in [0.717, 1.165) is 32.0 Å². The van der Waals surface area contributed by atoms with Crippen molar-refractivity contribution in [3.8, 4) is 0 Å². The topological polar surface area (TPSA) is 58.4 Å². The molecule has 0 spiro atoms. The van der Waals surface area contributed by atoms with Crippen LogP contribution < -0.4 is 11.1 Å². The van der Waals surface area contributed by atoms with Crippen LogP contribution in [0.25, 0.3) is 0 Å². The van der Waals surface area contributed by atoms with Gasteiger partial charge in [-0.3, -0.25) is 4.79 Å². The summed E-state index contributed by atoms with van der Waals surface area (Å²) >= 11 is 0. The van der Waals surface area contributed by atoms with Crippen LogP contribution in [0.2, 0.25) is 0 Å². The average molecular weight is 281 g/mol. The van der Waals surface area contributed by atoms with Gasteiger partial charge in [-0.15, -0.1) is 0 Å². The number of likely N-dealkylation sites (tertiary alicyclic amines) is 1. The molecule has 0 aromatic carbocycles. The molecule has 1 aliphatic heterocycles. The Bertz CT molecular complexity index is 305. The lowest BCUT2D eigenvalue weighted by atomic mass is 9.92. The number of nitrogens with one attached hydrogen (secondary N) is 1. The van der Waals surface area contributed by atoms with E-state index in [2.05, 4.69) is 10.2 Å². The van der Waals surface area contributed by atoms with Gasteiger partial charge in [-0.2, -0.15) is 0 Å². The number of rotatable bonds is 4. The summed E-state index contributed by atoms with van der Waals surface area (Å²) < 4.78 is 0. The van der Waals surface area contributed by atoms with E-state index < -0.39 is 0 Å². The van der Waals surface area contributed by atoms with E-state index in [0.29, 0.717) is 6.04 Å². The van der Waals surface area contributed by atoms with Gasteiger partial charge in [-0.25, -0.2) is 0 Å². The maximum absolute atomic E-state index is 12.0. The van der Waals surface area contributed by atoms with Crippen LogP contribution in [-0.2, 0) is 4.79 Å². The molecule has 20 heavy (non-hydrogen) atoms. The molecule has 0 bridgehead atoms. The van der Waals surface area contributed by atoms with E-state index in [1.165, 1.54) is 32.1 Å². The van der Waals surface area contributed by atoms with Crippen molar-refractivity contribution in [2.45, 2.75) is 76.9 Å². The molecule has 1 saturated heterocycles. The molecular formula is C16H31N3O. The van der Waals surface area contributed by atoms with Crippen molar-refractivity contribution in [2.24, 2.45) is 11.7 Å². The molecule has 0 aromatic rings. The minimum Gasteiger partial charge on any atom is -0.353 e. The van der Waals surface area contributed by atoms with Gasteiger partial charge in [0.25, 0.3) is 0 Å². The summed E-state index contributed by atoms with van der Waals surface area (Å²) in [7, 11) is 0. The number of carbonyl (C=O) groups is 1. The number of carbonyl (C=O) groups excluding carboxylic acids is 1. The molecule has 116 valence electrons. The van der Waals surface area contributed by atoms with Gasteiger partial charge < -0.3 is 16.0 Å². The quantitative estimate of drug-likeness (QED) is 0.827. The Kier molecular flexibility index (Phi) is 5.85. The first-order chi connectivity index (χ1) is 9.58. The van der Waals surface area contributed by atoms with E-state index >= 15 is 0 Å². The van der Waals surface area contributed by atoms with Gasteiger partial charge in [0, 0.05) is 37.1 Å². The number of hydrogen-bond donors (Lipinski definition) is 2. The summed E-state index contributed by atoms with van der Waals surface area (Å²) in [6, 6.07) is 1.09. The lowest BCUT2D eigenvalue weighted by Crippen LogP contribution is -2.50. The fourth-order valence-corrected chi connectivity index (χ4v) is 3.43. The zero-order chi connectivity index (χ0) is 14.5. The third kappa shape index (κ3) is 4.19. The molecule has 2 fully saturated rings. The van der Waals surface area contributed by atoms with Crippen molar-refractivity contribution >= 4 is 5.91 Å². The Balaban J connectivity index is 1.72. The molecule has 0 aromatic heterocycles.